The summed E-state index contributed by atoms with van der Waals surface area (Å²) in [6, 6.07) is 7.48. The number of benzene rings is 1. The zero-order valence-corrected chi connectivity index (χ0v) is 21.3. The molecule has 3 aromatic rings. The maximum absolute atomic E-state index is 13.7. The van der Waals surface area contributed by atoms with Gasteiger partial charge in [0.2, 0.25) is 5.24 Å². The minimum atomic E-state index is -0.547. The highest BCUT2D eigenvalue weighted by Crippen LogP contribution is 2.27. The van der Waals surface area contributed by atoms with E-state index in [4.69, 9.17) is 16.6 Å². The van der Waals surface area contributed by atoms with Crippen molar-refractivity contribution in [3.63, 3.8) is 0 Å². The van der Waals surface area contributed by atoms with Gasteiger partial charge in [0, 0.05) is 18.7 Å². The molecule has 2 aliphatic carbocycles. The monoisotopic (exact) mass is 508 g/mol. The fourth-order valence-electron chi connectivity index (χ4n) is 5.84. The number of hydrogen-bond acceptors (Lipinski definition) is 4. The molecule has 0 spiro atoms. The van der Waals surface area contributed by atoms with Crippen LogP contribution in [-0.4, -0.2) is 24.3 Å². The van der Waals surface area contributed by atoms with E-state index in [2.05, 4.69) is 4.98 Å². The Kier molecular flexibility index (Phi) is 7.56. The molecule has 2 heterocycles. The zero-order valence-electron chi connectivity index (χ0n) is 20.5. The van der Waals surface area contributed by atoms with Crippen molar-refractivity contribution in [3.05, 3.63) is 56.7 Å². The van der Waals surface area contributed by atoms with Gasteiger partial charge < -0.3 is 4.98 Å². The second-order valence-electron chi connectivity index (χ2n) is 10.4. The van der Waals surface area contributed by atoms with Crippen molar-refractivity contribution in [1.82, 2.24) is 19.1 Å². The third-order valence-corrected chi connectivity index (χ3v) is 7.89. The van der Waals surface area contributed by atoms with E-state index in [-0.39, 0.29) is 11.2 Å². The van der Waals surface area contributed by atoms with Gasteiger partial charge in [0.1, 0.15) is 11.3 Å². The Morgan fingerprint density at radius 1 is 0.972 bits per heavy atom. The maximum Gasteiger partial charge on any atom is 0.332 e. The first kappa shape index (κ1) is 24.8. The van der Waals surface area contributed by atoms with E-state index in [1.54, 1.807) is 10.6 Å². The standard InChI is InChI=1S/C28H33ClN4O3/c29-23(34)15-14-19-12-7-13-22(16-19)25-30-24-26(31-25)32(17-20-8-3-1-4-9-20)28(36)33(27(24)35)18-21-10-5-2-6-11-21/h7,12-16,20-21H,1-6,8-11,17-18H2,(H,30,31)/b15-14+. The number of imidazole rings is 1. The molecule has 8 heteroatoms. The summed E-state index contributed by atoms with van der Waals surface area (Å²) in [5, 5.41) is -0.547. The Bertz CT molecular complexity index is 1390. The summed E-state index contributed by atoms with van der Waals surface area (Å²) in [6.45, 7) is 1.06. The predicted octanol–water partition coefficient (Wildman–Crippen LogP) is 5.49. The minimum Gasteiger partial charge on any atom is -0.332 e. The van der Waals surface area contributed by atoms with Gasteiger partial charge in [0.05, 0.1) is 0 Å². The molecule has 7 nitrogen and oxygen atoms in total. The maximum atomic E-state index is 13.7. The summed E-state index contributed by atoms with van der Waals surface area (Å²) in [4.78, 5) is 46.4. The molecular formula is C28H33ClN4O3. The van der Waals surface area contributed by atoms with E-state index < -0.39 is 5.24 Å². The highest BCUT2D eigenvalue weighted by molar-refractivity contribution is 6.66. The molecule has 1 aromatic carbocycles. The highest BCUT2D eigenvalue weighted by atomic mass is 35.5. The average Bonchev–Trinajstić information content (AvgIpc) is 3.35. The molecule has 0 unspecified atom stereocenters. The smallest absolute Gasteiger partial charge is 0.332 e. The number of allylic oxidation sites excluding steroid dienone is 1. The van der Waals surface area contributed by atoms with E-state index in [0.29, 0.717) is 41.9 Å². The molecule has 0 amide bonds. The van der Waals surface area contributed by atoms with E-state index in [1.165, 1.54) is 36.3 Å². The second kappa shape index (κ2) is 11.0. The quantitative estimate of drug-likeness (QED) is 0.337. The van der Waals surface area contributed by atoms with Gasteiger partial charge >= 0.3 is 5.69 Å². The molecule has 0 aliphatic heterocycles. The summed E-state index contributed by atoms with van der Waals surface area (Å²) in [5.41, 5.74) is 1.85. The molecule has 0 atom stereocenters. The summed E-state index contributed by atoms with van der Waals surface area (Å²) in [5.74, 6) is 1.31. The zero-order chi connectivity index (χ0) is 25.1. The second-order valence-corrected chi connectivity index (χ2v) is 10.7. The molecule has 2 fully saturated rings. The van der Waals surface area contributed by atoms with Crippen molar-refractivity contribution in [2.45, 2.75) is 77.3 Å². The third-order valence-electron chi connectivity index (χ3n) is 7.76. The van der Waals surface area contributed by atoms with Crippen LogP contribution in [0.15, 0.2) is 39.9 Å². The molecule has 1 N–H and O–H groups in total. The number of rotatable bonds is 7. The van der Waals surface area contributed by atoms with Crippen molar-refractivity contribution < 1.29 is 4.79 Å². The first-order valence-electron chi connectivity index (χ1n) is 13.2. The van der Waals surface area contributed by atoms with E-state index >= 15 is 0 Å². The van der Waals surface area contributed by atoms with Crippen LogP contribution in [0.4, 0.5) is 0 Å². The van der Waals surface area contributed by atoms with Crippen LogP contribution in [0.3, 0.4) is 0 Å². The fraction of sp³-hybridized carbons (Fsp3) is 0.500. The Balaban J connectivity index is 1.59. The number of H-pyrrole nitrogens is 1. The van der Waals surface area contributed by atoms with Crippen molar-refractivity contribution in [2.75, 3.05) is 0 Å². The van der Waals surface area contributed by atoms with Gasteiger partial charge in [0.15, 0.2) is 5.65 Å². The lowest BCUT2D eigenvalue weighted by atomic mass is 9.89. The van der Waals surface area contributed by atoms with Gasteiger partial charge in [-0.15, -0.1) is 0 Å². The van der Waals surface area contributed by atoms with Crippen molar-refractivity contribution in [1.29, 1.82) is 0 Å². The van der Waals surface area contributed by atoms with E-state index in [9.17, 15) is 14.4 Å². The predicted molar refractivity (Wildman–Crippen MR) is 143 cm³/mol. The normalized spacial score (nSPS) is 17.8. The Morgan fingerprint density at radius 2 is 1.61 bits per heavy atom. The number of nitrogens with one attached hydrogen (secondary N) is 1. The number of aromatic nitrogens is 4. The van der Waals surface area contributed by atoms with Crippen LogP contribution in [0.25, 0.3) is 28.6 Å². The molecule has 36 heavy (non-hydrogen) atoms. The first-order valence-corrected chi connectivity index (χ1v) is 13.6. The fourth-order valence-corrected chi connectivity index (χ4v) is 5.90. The number of hydrogen-bond donors (Lipinski definition) is 1. The van der Waals surface area contributed by atoms with Gasteiger partial charge in [-0.3, -0.25) is 18.7 Å². The summed E-state index contributed by atoms with van der Waals surface area (Å²) in [6.07, 6.45) is 14.4. The lowest BCUT2D eigenvalue weighted by Gasteiger charge is -2.24. The average molecular weight is 509 g/mol. The first-order chi connectivity index (χ1) is 17.5. The van der Waals surface area contributed by atoms with Crippen molar-refractivity contribution in [2.24, 2.45) is 11.8 Å². The topological polar surface area (TPSA) is 89.8 Å². The van der Waals surface area contributed by atoms with Crippen LogP contribution in [0.1, 0.15) is 69.8 Å². The Morgan fingerprint density at radius 3 is 2.25 bits per heavy atom. The van der Waals surface area contributed by atoms with E-state index in [1.807, 2.05) is 24.3 Å². The minimum absolute atomic E-state index is 0.237. The van der Waals surface area contributed by atoms with Crippen molar-refractivity contribution >= 4 is 34.1 Å². The Labute approximate surface area is 215 Å². The summed E-state index contributed by atoms with van der Waals surface area (Å²) < 4.78 is 3.19. The Hall–Kier alpha value is -2.93. The van der Waals surface area contributed by atoms with Crippen LogP contribution < -0.4 is 11.2 Å². The molecule has 2 aliphatic rings. The molecule has 0 bridgehead atoms. The molecule has 0 saturated heterocycles. The number of carbonyl (C=O) groups is 1. The summed E-state index contributed by atoms with van der Waals surface area (Å²) >= 11 is 5.44. The number of halogens is 1. The number of carbonyl (C=O) groups excluding carboxylic acids is 1. The van der Waals surface area contributed by atoms with Crippen LogP contribution >= 0.6 is 11.6 Å². The summed E-state index contributed by atoms with van der Waals surface area (Å²) in [7, 11) is 0. The SMILES string of the molecule is O=C(Cl)/C=C/c1cccc(-c2nc3c([nH]2)c(=O)n(CC2CCCCC2)c(=O)n3CC2CCCCC2)c1. The number of nitrogens with zero attached hydrogens (tertiary/aromatic N) is 3. The van der Waals surface area contributed by atoms with E-state index in [0.717, 1.165) is 49.7 Å². The van der Waals surface area contributed by atoms with Gasteiger partial charge in [-0.05, 0) is 66.8 Å². The van der Waals surface area contributed by atoms with Gasteiger partial charge in [-0.1, -0.05) is 62.8 Å². The van der Waals surface area contributed by atoms with Crippen LogP contribution in [0, 0.1) is 11.8 Å². The molecule has 190 valence electrons. The highest BCUT2D eigenvalue weighted by Gasteiger charge is 2.24. The van der Waals surface area contributed by atoms with Gasteiger partial charge in [0.25, 0.3) is 5.56 Å². The molecule has 2 saturated carbocycles. The molecule has 0 radical (unpaired) electrons. The largest absolute Gasteiger partial charge is 0.332 e. The van der Waals surface area contributed by atoms with Crippen LogP contribution in [-0.2, 0) is 17.9 Å². The third kappa shape index (κ3) is 5.41. The lowest BCUT2D eigenvalue weighted by molar-refractivity contribution is -0.107. The van der Waals surface area contributed by atoms with Gasteiger partial charge in [-0.2, -0.15) is 0 Å². The number of aromatic amines is 1. The van der Waals surface area contributed by atoms with Crippen LogP contribution in [0.2, 0.25) is 0 Å². The molecular weight excluding hydrogens is 476 g/mol. The number of fused-ring (bicyclic) bond motifs is 1. The van der Waals surface area contributed by atoms with Crippen LogP contribution in [0.5, 0.6) is 0 Å². The lowest BCUT2D eigenvalue weighted by Crippen LogP contribution is -2.42. The molecule has 2 aromatic heterocycles. The van der Waals surface area contributed by atoms with Crippen molar-refractivity contribution in [3.8, 4) is 11.4 Å². The molecule has 5 rings (SSSR count). The van der Waals surface area contributed by atoms with Gasteiger partial charge in [-0.25, -0.2) is 9.78 Å².